The monoisotopic (exact) mass is 408 g/mol. The van der Waals surface area contributed by atoms with Gasteiger partial charge in [-0.3, -0.25) is 0 Å². The molecule has 31 heavy (non-hydrogen) atoms. The fraction of sp³-hybridized carbons (Fsp3) is 0.286. The van der Waals surface area contributed by atoms with Gasteiger partial charge >= 0.3 is 0 Å². The first-order valence-corrected chi connectivity index (χ1v) is 11.4. The zero-order valence-electron chi connectivity index (χ0n) is 17.9. The van der Waals surface area contributed by atoms with Crippen molar-refractivity contribution in [1.82, 2.24) is 0 Å². The predicted octanol–water partition coefficient (Wildman–Crippen LogP) is 6.65. The molecular weight excluding hydrogens is 380 g/mol. The Morgan fingerprint density at radius 3 is 2.48 bits per heavy atom. The minimum Gasteiger partial charge on any atom is -0.497 e. The van der Waals surface area contributed by atoms with Crippen LogP contribution in [0.2, 0.25) is 0 Å². The quantitative estimate of drug-likeness (QED) is 0.525. The van der Waals surface area contributed by atoms with Gasteiger partial charge in [-0.25, -0.2) is 0 Å². The van der Waals surface area contributed by atoms with Crippen molar-refractivity contribution < 1.29 is 4.74 Å². The Bertz CT molecular complexity index is 1120. The topological polar surface area (TPSA) is 24.5 Å². The van der Waals surface area contributed by atoms with E-state index in [1.807, 2.05) is 0 Å². The summed E-state index contributed by atoms with van der Waals surface area (Å²) in [6.45, 7) is 0. The van der Waals surface area contributed by atoms with Gasteiger partial charge in [0.15, 0.2) is 0 Å². The number of rotatable bonds is 3. The minimum atomic E-state index is -0.0769. The van der Waals surface area contributed by atoms with Crippen LogP contribution in [0.4, 0.5) is 11.4 Å². The highest BCUT2D eigenvalue weighted by Gasteiger charge is 2.56. The van der Waals surface area contributed by atoms with Crippen molar-refractivity contribution in [1.29, 1.82) is 0 Å². The summed E-state index contributed by atoms with van der Waals surface area (Å²) >= 11 is 0. The molecule has 3 atom stereocenters. The van der Waals surface area contributed by atoms with Crippen LogP contribution in [0.15, 0.2) is 84.9 Å². The molecule has 3 aromatic carbocycles. The molecule has 0 amide bonds. The van der Waals surface area contributed by atoms with Crippen molar-refractivity contribution >= 4 is 17.1 Å². The van der Waals surface area contributed by atoms with Gasteiger partial charge in [0.1, 0.15) is 11.4 Å². The predicted molar refractivity (Wildman–Crippen MR) is 127 cm³/mol. The summed E-state index contributed by atoms with van der Waals surface area (Å²) in [7, 11) is 1.72. The molecule has 1 N–H and O–H groups in total. The molecule has 1 aliphatic carbocycles. The number of methoxy groups -OCH3 is 1. The Balaban J connectivity index is 1.58. The van der Waals surface area contributed by atoms with Gasteiger partial charge in [-0.05, 0) is 66.8 Å². The highest BCUT2D eigenvalue weighted by atomic mass is 16.5. The van der Waals surface area contributed by atoms with E-state index < -0.39 is 0 Å². The standard InChI is InChI=1S/C28H28N2O/c1-31-22-16-14-21(15-17-22)27-19-23(20-9-3-2-4-10-20)24-11-7-8-18-28(24)29-25-12-5-6-13-26(25)30(27)28/h2-6,9-10,12-17,19,23-24,29H,7-8,11,18H2,1H3/t23-,24+,28+/m1/s1. The number of ether oxygens (including phenoxy) is 1. The largest absolute Gasteiger partial charge is 0.497 e. The lowest BCUT2D eigenvalue weighted by molar-refractivity contribution is 0.198. The second-order valence-electron chi connectivity index (χ2n) is 8.97. The zero-order chi connectivity index (χ0) is 20.8. The summed E-state index contributed by atoms with van der Waals surface area (Å²) in [5.74, 6) is 1.81. The molecule has 0 aromatic heterocycles. The number of anilines is 2. The van der Waals surface area contributed by atoms with Crippen molar-refractivity contribution in [3.63, 3.8) is 0 Å². The van der Waals surface area contributed by atoms with Gasteiger partial charge in [0.2, 0.25) is 0 Å². The van der Waals surface area contributed by atoms with Crippen LogP contribution >= 0.6 is 0 Å². The molecule has 2 heterocycles. The van der Waals surface area contributed by atoms with Crippen molar-refractivity contribution in [3.8, 4) is 5.75 Å². The van der Waals surface area contributed by atoms with Gasteiger partial charge in [0.05, 0.1) is 18.5 Å². The SMILES string of the molecule is COc1ccc(C2=C[C@H](c3ccccc3)[C@@H]3CCCC[C@@]34Nc3ccccc3N24)cc1. The molecule has 3 heteroatoms. The van der Waals surface area contributed by atoms with E-state index in [0.29, 0.717) is 11.8 Å². The van der Waals surface area contributed by atoms with E-state index >= 15 is 0 Å². The molecule has 3 aromatic rings. The van der Waals surface area contributed by atoms with Crippen molar-refractivity contribution in [2.45, 2.75) is 37.3 Å². The van der Waals surface area contributed by atoms with E-state index in [9.17, 15) is 0 Å². The normalized spacial score (nSPS) is 26.2. The van der Waals surface area contributed by atoms with E-state index in [0.717, 1.165) is 12.2 Å². The molecule has 0 bridgehead atoms. The van der Waals surface area contributed by atoms with Crippen molar-refractivity contribution in [2.24, 2.45) is 5.92 Å². The molecule has 3 aliphatic rings. The van der Waals surface area contributed by atoms with Gasteiger partial charge in [-0.2, -0.15) is 0 Å². The molecule has 156 valence electrons. The summed E-state index contributed by atoms with van der Waals surface area (Å²) < 4.78 is 5.43. The number of benzene rings is 3. The number of nitrogens with zero attached hydrogens (tertiary/aromatic N) is 1. The van der Waals surface area contributed by atoms with Gasteiger partial charge in [0, 0.05) is 17.5 Å². The molecule has 0 saturated heterocycles. The third kappa shape index (κ3) is 2.79. The lowest BCUT2D eigenvalue weighted by Gasteiger charge is -2.54. The summed E-state index contributed by atoms with van der Waals surface area (Å²) in [5, 5.41) is 4.03. The van der Waals surface area contributed by atoms with E-state index in [1.54, 1.807) is 7.11 Å². The zero-order valence-corrected chi connectivity index (χ0v) is 17.9. The van der Waals surface area contributed by atoms with Gasteiger partial charge in [0.25, 0.3) is 0 Å². The van der Waals surface area contributed by atoms with Crippen LogP contribution in [0.25, 0.3) is 5.70 Å². The number of hydrogen-bond acceptors (Lipinski definition) is 3. The molecule has 1 saturated carbocycles. The number of para-hydroxylation sites is 2. The first-order chi connectivity index (χ1) is 15.3. The minimum absolute atomic E-state index is 0.0769. The number of nitrogens with one attached hydrogen (secondary N) is 1. The molecule has 1 fully saturated rings. The van der Waals surface area contributed by atoms with Crippen LogP contribution in [-0.4, -0.2) is 12.8 Å². The van der Waals surface area contributed by atoms with Gasteiger partial charge in [-0.1, -0.05) is 55.0 Å². The van der Waals surface area contributed by atoms with Crippen LogP contribution in [-0.2, 0) is 0 Å². The summed E-state index contributed by atoms with van der Waals surface area (Å²) in [6, 6.07) is 28.4. The Morgan fingerprint density at radius 1 is 0.903 bits per heavy atom. The lowest BCUT2D eigenvalue weighted by atomic mass is 9.66. The maximum atomic E-state index is 5.43. The van der Waals surface area contributed by atoms with Crippen LogP contribution < -0.4 is 15.0 Å². The van der Waals surface area contributed by atoms with Crippen LogP contribution in [0.5, 0.6) is 5.75 Å². The Morgan fingerprint density at radius 2 is 1.68 bits per heavy atom. The van der Waals surface area contributed by atoms with Crippen LogP contribution in [0.1, 0.15) is 42.7 Å². The van der Waals surface area contributed by atoms with Crippen LogP contribution in [0.3, 0.4) is 0 Å². The number of hydrogen-bond donors (Lipinski definition) is 1. The maximum absolute atomic E-state index is 5.43. The Labute approximate surface area is 184 Å². The van der Waals surface area contributed by atoms with E-state index in [-0.39, 0.29) is 5.66 Å². The third-order valence-electron chi connectivity index (χ3n) is 7.41. The van der Waals surface area contributed by atoms with Crippen molar-refractivity contribution in [2.75, 3.05) is 17.3 Å². The molecular formula is C28H28N2O. The van der Waals surface area contributed by atoms with Gasteiger partial charge in [-0.15, -0.1) is 0 Å². The number of fused-ring (bicyclic) bond motifs is 2. The average molecular weight is 409 g/mol. The van der Waals surface area contributed by atoms with E-state index in [4.69, 9.17) is 4.74 Å². The number of allylic oxidation sites excluding steroid dienone is 1. The van der Waals surface area contributed by atoms with Gasteiger partial charge < -0.3 is 15.0 Å². The second kappa shape index (κ2) is 7.19. The molecule has 0 unspecified atom stereocenters. The smallest absolute Gasteiger partial charge is 0.119 e. The fourth-order valence-electron chi connectivity index (χ4n) is 6.07. The molecule has 1 spiro atoms. The molecule has 3 nitrogen and oxygen atoms in total. The Kier molecular flexibility index (Phi) is 4.31. The molecule has 2 aliphatic heterocycles. The van der Waals surface area contributed by atoms with Crippen LogP contribution in [0, 0.1) is 5.92 Å². The lowest BCUT2D eigenvalue weighted by Crippen LogP contribution is -2.60. The first kappa shape index (κ1) is 18.6. The van der Waals surface area contributed by atoms with Crippen molar-refractivity contribution in [3.05, 3.63) is 96.1 Å². The average Bonchev–Trinajstić information content (AvgIpc) is 3.17. The maximum Gasteiger partial charge on any atom is 0.119 e. The Hall–Kier alpha value is -3.20. The first-order valence-electron chi connectivity index (χ1n) is 11.4. The second-order valence-corrected chi connectivity index (χ2v) is 8.97. The summed E-state index contributed by atoms with van der Waals surface area (Å²) in [5.41, 5.74) is 6.42. The molecule has 6 rings (SSSR count). The molecule has 0 radical (unpaired) electrons. The third-order valence-corrected chi connectivity index (χ3v) is 7.41. The summed E-state index contributed by atoms with van der Waals surface area (Å²) in [4.78, 5) is 2.62. The fourth-order valence-corrected chi connectivity index (χ4v) is 6.07. The highest BCUT2D eigenvalue weighted by molar-refractivity contribution is 5.93. The van der Waals surface area contributed by atoms with E-state index in [2.05, 4.69) is 95.2 Å². The summed E-state index contributed by atoms with van der Waals surface area (Å²) in [6.07, 6.45) is 7.47. The highest BCUT2D eigenvalue weighted by Crippen LogP contribution is 2.58. The van der Waals surface area contributed by atoms with E-state index in [1.165, 1.54) is 47.5 Å².